The van der Waals surface area contributed by atoms with Crippen molar-refractivity contribution in [3.8, 4) is 0 Å². The molecule has 13 heavy (non-hydrogen) atoms. The van der Waals surface area contributed by atoms with Gasteiger partial charge in [0.2, 0.25) is 0 Å². The molecule has 0 saturated carbocycles. The highest BCUT2D eigenvalue weighted by molar-refractivity contribution is 9.10. The second-order valence-corrected chi connectivity index (χ2v) is 4.19. The lowest BCUT2D eigenvalue weighted by Crippen LogP contribution is -1.96. The van der Waals surface area contributed by atoms with Gasteiger partial charge in [0.25, 0.3) is 0 Å². The van der Waals surface area contributed by atoms with E-state index in [0.717, 1.165) is 15.9 Å². The summed E-state index contributed by atoms with van der Waals surface area (Å²) in [5.74, 6) is 0.922. The van der Waals surface area contributed by atoms with Crippen molar-refractivity contribution in [3.63, 3.8) is 0 Å². The Bertz CT molecular complexity index is 369. The molecular weight excluding hydrogens is 250 g/mol. The van der Waals surface area contributed by atoms with Crippen LogP contribution >= 0.6 is 27.3 Å². The summed E-state index contributed by atoms with van der Waals surface area (Å²) in [6, 6.07) is 3.94. The number of halogens is 1. The van der Waals surface area contributed by atoms with Gasteiger partial charge in [-0.1, -0.05) is 0 Å². The maximum atomic E-state index is 5.26. The molecule has 1 N–H and O–H groups in total. The molecule has 4 heteroatoms. The molecule has 0 amide bonds. The van der Waals surface area contributed by atoms with E-state index in [0.29, 0.717) is 6.54 Å². The van der Waals surface area contributed by atoms with Crippen molar-refractivity contribution in [3.05, 3.63) is 39.4 Å². The van der Waals surface area contributed by atoms with Crippen molar-refractivity contribution < 1.29 is 4.42 Å². The van der Waals surface area contributed by atoms with Gasteiger partial charge >= 0.3 is 0 Å². The number of rotatable bonds is 3. The van der Waals surface area contributed by atoms with Gasteiger partial charge in [-0.2, -0.15) is 11.3 Å². The lowest BCUT2D eigenvalue weighted by molar-refractivity contribution is 0.516. The molecule has 0 bridgehead atoms. The number of nitrogens with one attached hydrogen (secondary N) is 1. The standard InChI is InChI=1S/C9H8BrNOS/c10-8-1-3-12-9(8)5-11-7-2-4-13-6-7/h1-4,6,11H,5H2. The molecule has 0 aromatic carbocycles. The van der Waals surface area contributed by atoms with Gasteiger partial charge in [-0.15, -0.1) is 0 Å². The molecule has 0 aliphatic heterocycles. The Morgan fingerprint density at radius 1 is 1.46 bits per heavy atom. The van der Waals surface area contributed by atoms with E-state index in [9.17, 15) is 0 Å². The average Bonchev–Trinajstić information content (AvgIpc) is 2.72. The van der Waals surface area contributed by atoms with Crippen LogP contribution in [0.5, 0.6) is 0 Å². The van der Waals surface area contributed by atoms with Crippen LogP contribution in [0.15, 0.2) is 38.0 Å². The largest absolute Gasteiger partial charge is 0.466 e. The molecule has 0 saturated heterocycles. The first kappa shape index (κ1) is 8.84. The van der Waals surface area contributed by atoms with Crippen LogP contribution in [0, 0.1) is 0 Å². The minimum atomic E-state index is 0.713. The van der Waals surface area contributed by atoms with Gasteiger partial charge in [0, 0.05) is 11.1 Å². The normalized spacial score (nSPS) is 10.2. The summed E-state index contributed by atoms with van der Waals surface area (Å²) in [6.07, 6.45) is 1.68. The number of thiophene rings is 1. The Kier molecular flexibility index (Phi) is 2.71. The van der Waals surface area contributed by atoms with E-state index in [1.807, 2.05) is 17.5 Å². The van der Waals surface area contributed by atoms with Crippen molar-refractivity contribution in [2.75, 3.05) is 5.32 Å². The molecule has 2 aromatic heterocycles. The molecule has 0 aliphatic carbocycles. The van der Waals surface area contributed by atoms with Crippen LogP contribution < -0.4 is 5.32 Å². The molecule has 2 rings (SSSR count). The van der Waals surface area contributed by atoms with E-state index in [1.165, 1.54) is 0 Å². The quantitative estimate of drug-likeness (QED) is 0.907. The Morgan fingerprint density at radius 2 is 2.38 bits per heavy atom. The topological polar surface area (TPSA) is 25.2 Å². The van der Waals surface area contributed by atoms with Gasteiger partial charge in [-0.05, 0) is 33.4 Å². The Labute approximate surface area is 88.7 Å². The predicted molar refractivity (Wildman–Crippen MR) is 58.1 cm³/mol. The molecule has 0 aliphatic rings. The van der Waals surface area contributed by atoms with E-state index in [2.05, 4.69) is 26.6 Å². The van der Waals surface area contributed by atoms with Gasteiger partial charge in [-0.25, -0.2) is 0 Å². The monoisotopic (exact) mass is 257 g/mol. The molecule has 2 heterocycles. The summed E-state index contributed by atoms with van der Waals surface area (Å²) in [6.45, 7) is 0.713. The summed E-state index contributed by atoms with van der Waals surface area (Å²) in [5.41, 5.74) is 1.13. The van der Waals surface area contributed by atoms with Gasteiger partial charge < -0.3 is 9.73 Å². The second-order valence-electron chi connectivity index (χ2n) is 2.56. The first-order valence-corrected chi connectivity index (χ1v) is 5.58. The fourth-order valence-corrected chi connectivity index (χ4v) is 1.95. The summed E-state index contributed by atoms with van der Waals surface area (Å²) in [4.78, 5) is 0. The summed E-state index contributed by atoms with van der Waals surface area (Å²) in [5, 5.41) is 7.36. The SMILES string of the molecule is Brc1ccoc1CNc1ccsc1. The lowest BCUT2D eigenvalue weighted by atomic mass is 10.4. The van der Waals surface area contributed by atoms with E-state index in [4.69, 9.17) is 4.42 Å². The van der Waals surface area contributed by atoms with Gasteiger partial charge in [0.15, 0.2) is 0 Å². The number of furan rings is 1. The summed E-state index contributed by atoms with van der Waals surface area (Å²) < 4.78 is 6.27. The lowest BCUT2D eigenvalue weighted by Gasteiger charge is -2.00. The minimum Gasteiger partial charge on any atom is -0.466 e. The zero-order chi connectivity index (χ0) is 9.10. The highest BCUT2D eigenvalue weighted by Gasteiger charge is 2.02. The average molecular weight is 258 g/mol. The number of hydrogen-bond donors (Lipinski definition) is 1. The molecule has 2 nitrogen and oxygen atoms in total. The summed E-state index contributed by atoms with van der Waals surface area (Å²) in [7, 11) is 0. The number of hydrogen-bond acceptors (Lipinski definition) is 3. The van der Waals surface area contributed by atoms with Crippen LogP contribution in [0.25, 0.3) is 0 Å². The highest BCUT2D eigenvalue weighted by atomic mass is 79.9. The van der Waals surface area contributed by atoms with E-state index in [-0.39, 0.29) is 0 Å². The van der Waals surface area contributed by atoms with Crippen molar-refractivity contribution in [1.82, 2.24) is 0 Å². The van der Waals surface area contributed by atoms with E-state index >= 15 is 0 Å². The van der Waals surface area contributed by atoms with Gasteiger partial charge in [0.1, 0.15) is 5.76 Å². The van der Waals surface area contributed by atoms with Crippen LogP contribution in [0.1, 0.15) is 5.76 Å². The summed E-state index contributed by atoms with van der Waals surface area (Å²) >= 11 is 5.08. The molecular formula is C9H8BrNOS. The minimum absolute atomic E-state index is 0.713. The van der Waals surface area contributed by atoms with Crippen molar-refractivity contribution in [2.45, 2.75) is 6.54 Å². The van der Waals surface area contributed by atoms with Crippen LogP contribution in [0.4, 0.5) is 5.69 Å². The molecule has 0 radical (unpaired) electrons. The van der Waals surface area contributed by atoms with Crippen LogP contribution in [0.2, 0.25) is 0 Å². The van der Waals surface area contributed by atoms with Gasteiger partial charge in [0.05, 0.1) is 17.3 Å². The first-order chi connectivity index (χ1) is 6.36. The fraction of sp³-hybridized carbons (Fsp3) is 0.111. The van der Waals surface area contributed by atoms with E-state index < -0.39 is 0 Å². The van der Waals surface area contributed by atoms with E-state index in [1.54, 1.807) is 17.6 Å². The Morgan fingerprint density at radius 3 is 3.00 bits per heavy atom. The Balaban J connectivity index is 1.97. The predicted octanol–water partition coefficient (Wildman–Crippen LogP) is 3.72. The molecule has 0 fully saturated rings. The zero-order valence-corrected chi connectivity index (χ0v) is 9.19. The molecule has 0 atom stereocenters. The zero-order valence-electron chi connectivity index (χ0n) is 6.79. The molecule has 0 unspecified atom stereocenters. The van der Waals surface area contributed by atoms with Crippen LogP contribution in [-0.2, 0) is 6.54 Å². The first-order valence-electron chi connectivity index (χ1n) is 3.84. The van der Waals surface area contributed by atoms with Gasteiger partial charge in [-0.3, -0.25) is 0 Å². The van der Waals surface area contributed by atoms with Crippen molar-refractivity contribution in [1.29, 1.82) is 0 Å². The molecule has 2 aromatic rings. The number of anilines is 1. The van der Waals surface area contributed by atoms with Crippen LogP contribution in [-0.4, -0.2) is 0 Å². The van der Waals surface area contributed by atoms with Crippen molar-refractivity contribution >= 4 is 33.0 Å². The smallest absolute Gasteiger partial charge is 0.136 e. The third kappa shape index (κ3) is 2.14. The third-order valence-corrected chi connectivity index (χ3v) is 3.06. The second kappa shape index (κ2) is 3.98. The Hall–Kier alpha value is -0.740. The molecule has 68 valence electrons. The maximum absolute atomic E-state index is 5.26. The highest BCUT2D eigenvalue weighted by Crippen LogP contribution is 2.19. The fourth-order valence-electron chi connectivity index (χ4n) is 0.999. The molecule has 0 spiro atoms. The third-order valence-electron chi connectivity index (χ3n) is 1.67. The van der Waals surface area contributed by atoms with Crippen LogP contribution in [0.3, 0.4) is 0 Å². The maximum Gasteiger partial charge on any atom is 0.136 e. The van der Waals surface area contributed by atoms with Crippen molar-refractivity contribution in [2.24, 2.45) is 0 Å².